The lowest BCUT2D eigenvalue weighted by molar-refractivity contribution is 0.0698. The molecular weight excluding hydrogens is 216 g/mol. The summed E-state index contributed by atoms with van der Waals surface area (Å²) in [6.07, 6.45) is 0. The Hall–Kier alpha value is -1.09. The van der Waals surface area contributed by atoms with Crippen LogP contribution in [-0.4, -0.2) is 20.6 Å². The van der Waals surface area contributed by atoms with Crippen LogP contribution < -0.4 is 5.19 Å². The lowest BCUT2D eigenvalue weighted by atomic mass is 9.99. The van der Waals surface area contributed by atoms with Crippen LogP contribution in [0.25, 0.3) is 0 Å². The molecule has 0 aliphatic rings. The van der Waals surface area contributed by atoms with Crippen LogP contribution in [0.1, 0.15) is 38.1 Å². The Morgan fingerprint density at radius 2 is 1.88 bits per heavy atom. The second kappa shape index (κ2) is 4.83. The first kappa shape index (κ1) is 13.0. The Bertz CT molecular complexity index is 383. The number of aromatic carboxylic acids is 1. The molecule has 1 N–H and O–H groups in total. The van der Waals surface area contributed by atoms with Crippen molar-refractivity contribution >= 4 is 20.7 Å². The van der Waals surface area contributed by atoms with E-state index in [2.05, 4.69) is 27.7 Å². The molecule has 0 unspecified atom stereocenters. The Balaban J connectivity index is 3.02. The standard InChI is InChI=1S/C13H18O2Si/c1-9(2)13(3,4)16-11-8-6-5-7-10(11)12(14)15/h5-9H,1-4H3,(H,14,15). The largest absolute Gasteiger partial charge is 0.478 e. The van der Waals surface area contributed by atoms with Crippen LogP contribution in [0.2, 0.25) is 5.04 Å². The molecule has 0 saturated heterocycles. The quantitative estimate of drug-likeness (QED) is 0.813. The molecule has 0 amide bonds. The SMILES string of the molecule is CC(C)C(C)(C)[Si]c1ccccc1C(=O)O. The highest BCUT2D eigenvalue weighted by Crippen LogP contribution is 2.32. The third-order valence-corrected chi connectivity index (χ3v) is 4.98. The summed E-state index contributed by atoms with van der Waals surface area (Å²) in [6, 6.07) is 7.29. The summed E-state index contributed by atoms with van der Waals surface area (Å²) in [6.45, 7) is 8.73. The Labute approximate surface area is 99.5 Å². The van der Waals surface area contributed by atoms with Gasteiger partial charge < -0.3 is 5.11 Å². The van der Waals surface area contributed by atoms with Gasteiger partial charge in [0, 0.05) is 0 Å². The number of carboxylic acid groups (broad SMARTS) is 1. The molecule has 0 bridgehead atoms. The molecule has 0 fully saturated rings. The van der Waals surface area contributed by atoms with Gasteiger partial charge >= 0.3 is 5.97 Å². The Morgan fingerprint density at radius 3 is 2.38 bits per heavy atom. The molecule has 0 aliphatic carbocycles. The highest BCUT2D eigenvalue weighted by atomic mass is 28.2. The van der Waals surface area contributed by atoms with Crippen molar-refractivity contribution in [3.8, 4) is 0 Å². The molecule has 0 saturated carbocycles. The normalized spacial score (nSPS) is 11.8. The van der Waals surface area contributed by atoms with Crippen molar-refractivity contribution in [1.29, 1.82) is 0 Å². The predicted molar refractivity (Wildman–Crippen MR) is 67.7 cm³/mol. The molecule has 0 aromatic heterocycles. The van der Waals surface area contributed by atoms with Gasteiger partial charge in [0.2, 0.25) is 0 Å². The molecule has 2 nitrogen and oxygen atoms in total. The van der Waals surface area contributed by atoms with Crippen molar-refractivity contribution in [1.82, 2.24) is 0 Å². The van der Waals surface area contributed by atoms with Crippen molar-refractivity contribution in [2.75, 3.05) is 0 Å². The fourth-order valence-electron chi connectivity index (χ4n) is 1.27. The molecule has 0 heterocycles. The smallest absolute Gasteiger partial charge is 0.335 e. The number of hydrogen-bond acceptors (Lipinski definition) is 1. The first-order chi connectivity index (χ1) is 7.34. The Kier molecular flexibility index (Phi) is 3.91. The number of carboxylic acids is 1. The van der Waals surface area contributed by atoms with E-state index >= 15 is 0 Å². The first-order valence-electron chi connectivity index (χ1n) is 5.45. The number of benzene rings is 1. The average molecular weight is 234 g/mol. The van der Waals surface area contributed by atoms with Crippen LogP contribution in [0.5, 0.6) is 0 Å². The zero-order valence-electron chi connectivity index (χ0n) is 10.2. The lowest BCUT2D eigenvalue weighted by Crippen LogP contribution is -2.32. The molecule has 86 valence electrons. The van der Waals surface area contributed by atoms with Crippen LogP contribution in [0.3, 0.4) is 0 Å². The van der Waals surface area contributed by atoms with Gasteiger partial charge in [0.25, 0.3) is 0 Å². The van der Waals surface area contributed by atoms with Gasteiger partial charge in [-0.1, -0.05) is 45.9 Å². The molecule has 0 spiro atoms. The first-order valence-corrected chi connectivity index (χ1v) is 6.45. The fraction of sp³-hybridized carbons (Fsp3) is 0.462. The minimum absolute atomic E-state index is 0.144. The van der Waals surface area contributed by atoms with E-state index in [-0.39, 0.29) is 5.04 Å². The van der Waals surface area contributed by atoms with Gasteiger partial charge in [-0.3, -0.25) is 0 Å². The summed E-state index contributed by atoms with van der Waals surface area (Å²) < 4.78 is 0. The maximum atomic E-state index is 11.1. The maximum Gasteiger partial charge on any atom is 0.335 e. The molecule has 1 aromatic rings. The van der Waals surface area contributed by atoms with Crippen molar-refractivity contribution in [2.24, 2.45) is 5.92 Å². The number of hydrogen-bond donors (Lipinski definition) is 1. The van der Waals surface area contributed by atoms with Crippen molar-refractivity contribution in [2.45, 2.75) is 32.7 Å². The average Bonchev–Trinajstić information content (AvgIpc) is 2.17. The monoisotopic (exact) mass is 234 g/mol. The third-order valence-electron chi connectivity index (χ3n) is 3.06. The lowest BCUT2D eigenvalue weighted by Gasteiger charge is -2.28. The highest BCUT2D eigenvalue weighted by molar-refractivity contribution is 6.58. The van der Waals surface area contributed by atoms with Gasteiger partial charge in [-0.05, 0) is 22.2 Å². The topological polar surface area (TPSA) is 37.3 Å². The summed E-state index contributed by atoms with van der Waals surface area (Å²) >= 11 is 0. The van der Waals surface area contributed by atoms with Gasteiger partial charge in [-0.15, -0.1) is 0 Å². The molecule has 3 heteroatoms. The van der Waals surface area contributed by atoms with E-state index in [1.807, 2.05) is 12.1 Å². The fourth-order valence-corrected chi connectivity index (χ4v) is 2.76. The minimum Gasteiger partial charge on any atom is -0.478 e. The van der Waals surface area contributed by atoms with Gasteiger partial charge in [-0.2, -0.15) is 0 Å². The van der Waals surface area contributed by atoms with E-state index in [0.29, 0.717) is 21.0 Å². The van der Waals surface area contributed by atoms with E-state index in [9.17, 15) is 4.79 Å². The van der Waals surface area contributed by atoms with Crippen LogP contribution in [0, 0.1) is 5.92 Å². The maximum absolute atomic E-state index is 11.1. The van der Waals surface area contributed by atoms with E-state index in [1.165, 1.54) is 0 Å². The van der Waals surface area contributed by atoms with Crippen LogP contribution in [0.4, 0.5) is 0 Å². The van der Waals surface area contributed by atoms with Crippen molar-refractivity contribution < 1.29 is 9.90 Å². The van der Waals surface area contributed by atoms with E-state index in [0.717, 1.165) is 5.19 Å². The van der Waals surface area contributed by atoms with E-state index in [1.54, 1.807) is 12.1 Å². The molecule has 2 radical (unpaired) electrons. The minimum atomic E-state index is -0.831. The molecule has 16 heavy (non-hydrogen) atoms. The van der Waals surface area contributed by atoms with Crippen molar-refractivity contribution in [3.05, 3.63) is 29.8 Å². The molecule has 0 atom stereocenters. The zero-order valence-corrected chi connectivity index (χ0v) is 11.2. The Morgan fingerprint density at radius 1 is 1.31 bits per heavy atom. The van der Waals surface area contributed by atoms with E-state index < -0.39 is 5.97 Å². The highest BCUT2D eigenvalue weighted by Gasteiger charge is 2.25. The summed E-state index contributed by atoms with van der Waals surface area (Å²) in [5.74, 6) is -0.296. The molecule has 1 aromatic carbocycles. The number of carbonyl (C=O) groups is 1. The van der Waals surface area contributed by atoms with Gasteiger partial charge in [0.1, 0.15) is 0 Å². The molecular formula is C13H18O2Si. The molecule has 0 aliphatic heterocycles. The predicted octanol–water partition coefficient (Wildman–Crippen LogP) is 2.57. The second-order valence-electron chi connectivity index (χ2n) is 4.85. The van der Waals surface area contributed by atoms with Crippen LogP contribution >= 0.6 is 0 Å². The molecule has 1 rings (SSSR count). The third kappa shape index (κ3) is 2.95. The van der Waals surface area contributed by atoms with E-state index in [4.69, 9.17) is 5.11 Å². The van der Waals surface area contributed by atoms with Gasteiger partial charge in [-0.25, -0.2) is 4.79 Å². The van der Waals surface area contributed by atoms with Crippen molar-refractivity contribution in [3.63, 3.8) is 0 Å². The zero-order chi connectivity index (χ0) is 12.3. The van der Waals surface area contributed by atoms with Gasteiger partial charge in [0.15, 0.2) is 0 Å². The summed E-state index contributed by atoms with van der Waals surface area (Å²) in [5, 5.41) is 10.2. The second-order valence-corrected chi connectivity index (χ2v) is 6.93. The number of rotatable bonds is 4. The van der Waals surface area contributed by atoms with Crippen LogP contribution in [0.15, 0.2) is 24.3 Å². The summed E-state index contributed by atoms with van der Waals surface area (Å²) in [4.78, 5) is 11.1. The van der Waals surface area contributed by atoms with Gasteiger partial charge in [0.05, 0.1) is 15.1 Å². The summed E-state index contributed by atoms with van der Waals surface area (Å²) in [7, 11) is 0.522. The summed E-state index contributed by atoms with van der Waals surface area (Å²) in [5.41, 5.74) is 0.439. The van der Waals surface area contributed by atoms with Crippen LogP contribution in [-0.2, 0) is 0 Å².